The molecule has 1 N–H and O–H groups in total. The molecule has 3 nitrogen and oxygen atoms in total. The van der Waals surface area contributed by atoms with E-state index in [2.05, 4.69) is 16.8 Å². The zero-order valence-corrected chi connectivity index (χ0v) is 11.1. The molecule has 2 rings (SSSR count). The van der Waals surface area contributed by atoms with Gasteiger partial charge in [0.2, 0.25) is 0 Å². The van der Waals surface area contributed by atoms with Crippen LogP contribution in [0, 0.1) is 24.6 Å². The second-order valence-corrected chi connectivity index (χ2v) is 4.19. The Bertz CT molecular complexity index is 659. The van der Waals surface area contributed by atoms with E-state index in [-0.39, 0.29) is 13.2 Å². The summed E-state index contributed by atoms with van der Waals surface area (Å²) < 4.78 is 19.0. The topological polar surface area (TPSA) is 42.4 Å². The highest BCUT2D eigenvalue weighted by molar-refractivity contribution is 5.40. The molecule has 4 heteroatoms. The lowest BCUT2D eigenvalue weighted by Crippen LogP contribution is -2.01. The lowest BCUT2D eigenvalue weighted by Gasteiger charge is -2.08. The number of hydrogen-bond acceptors (Lipinski definition) is 3. The van der Waals surface area contributed by atoms with Gasteiger partial charge < -0.3 is 9.84 Å². The molecule has 0 saturated carbocycles. The fourth-order valence-corrected chi connectivity index (χ4v) is 1.68. The molecule has 0 aliphatic heterocycles. The highest BCUT2D eigenvalue weighted by atomic mass is 19.1. The smallest absolute Gasteiger partial charge is 0.130 e. The van der Waals surface area contributed by atoms with Crippen molar-refractivity contribution in [3.8, 4) is 17.6 Å². The van der Waals surface area contributed by atoms with Gasteiger partial charge in [-0.15, -0.1) is 0 Å². The standard InChI is InChI=1S/C16H14FNO2/c1-12-4-2-6-18-16(12)11-20-15-9-13(5-3-7-19)8-14(17)10-15/h2,4,6,8-10,19H,7,11H2,1H3. The Morgan fingerprint density at radius 2 is 2.20 bits per heavy atom. The average molecular weight is 271 g/mol. The SMILES string of the molecule is Cc1cccnc1COc1cc(F)cc(C#CCO)c1. The summed E-state index contributed by atoms with van der Waals surface area (Å²) in [6.07, 6.45) is 1.69. The molecule has 0 unspecified atom stereocenters. The largest absolute Gasteiger partial charge is 0.487 e. The molecule has 1 aromatic carbocycles. The van der Waals surface area contributed by atoms with Crippen LogP contribution in [-0.4, -0.2) is 16.7 Å². The Kier molecular flexibility index (Phi) is 4.70. The summed E-state index contributed by atoms with van der Waals surface area (Å²) in [5, 5.41) is 8.64. The predicted octanol–water partition coefficient (Wildman–Crippen LogP) is 2.45. The van der Waals surface area contributed by atoms with Crippen LogP contribution >= 0.6 is 0 Å². The monoisotopic (exact) mass is 271 g/mol. The van der Waals surface area contributed by atoms with E-state index in [0.717, 1.165) is 11.3 Å². The summed E-state index contributed by atoms with van der Waals surface area (Å²) in [5.41, 5.74) is 2.29. The molecule has 0 aliphatic carbocycles. The van der Waals surface area contributed by atoms with Crippen LogP contribution < -0.4 is 4.74 Å². The average Bonchev–Trinajstić information content (AvgIpc) is 2.44. The molecule has 0 bridgehead atoms. The first-order chi connectivity index (χ1) is 9.69. The van der Waals surface area contributed by atoms with Gasteiger partial charge in [-0.05, 0) is 30.7 Å². The molecular formula is C16H14FNO2. The summed E-state index contributed by atoms with van der Waals surface area (Å²) in [4.78, 5) is 4.21. The highest BCUT2D eigenvalue weighted by Gasteiger charge is 2.03. The first kappa shape index (κ1) is 14.0. The van der Waals surface area contributed by atoms with Gasteiger partial charge >= 0.3 is 0 Å². The minimum atomic E-state index is -0.428. The number of aliphatic hydroxyl groups excluding tert-OH is 1. The molecule has 102 valence electrons. The van der Waals surface area contributed by atoms with E-state index in [9.17, 15) is 4.39 Å². The molecule has 0 radical (unpaired) electrons. The quantitative estimate of drug-likeness (QED) is 0.872. The molecule has 0 saturated heterocycles. The zero-order chi connectivity index (χ0) is 14.4. The van der Waals surface area contributed by atoms with Crippen molar-refractivity contribution in [2.45, 2.75) is 13.5 Å². The number of halogens is 1. The van der Waals surface area contributed by atoms with Crippen LogP contribution in [0.25, 0.3) is 0 Å². The van der Waals surface area contributed by atoms with Gasteiger partial charge in [-0.2, -0.15) is 0 Å². The van der Waals surface area contributed by atoms with E-state index in [1.54, 1.807) is 12.3 Å². The van der Waals surface area contributed by atoms with Gasteiger partial charge in [0.1, 0.15) is 24.8 Å². The fourth-order valence-electron chi connectivity index (χ4n) is 1.68. The van der Waals surface area contributed by atoms with Crippen LogP contribution in [0.2, 0.25) is 0 Å². The summed E-state index contributed by atoms with van der Waals surface area (Å²) in [5.74, 6) is 5.08. The van der Waals surface area contributed by atoms with Gasteiger partial charge in [0, 0.05) is 17.8 Å². The number of benzene rings is 1. The number of aromatic nitrogens is 1. The maximum atomic E-state index is 13.4. The first-order valence-corrected chi connectivity index (χ1v) is 6.12. The van der Waals surface area contributed by atoms with Crippen LogP contribution in [0.1, 0.15) is 16.8 Å². The Hall–Kier alpha value is -2.38. The Morgan fingerprint density at radius 1 is 1.35 bits per heavy atom. The van der Waals surface area contributed by atoms with Crippen molar-refractivity contribution in [2.75, 3.05) is 6.61 Å². The van der Waals surface area contributed by atoms with Gasteiger partial charge in [-0.1, -0.05) is 17.9 Å². The Morgan fingerprint density at radius 3 is 2.95 bits per heavy atom. The minimum absolute atomic E-state index is 0.264. The second-order valence-electron chi connectivity index (χ2n) is 4.19. The number of rotatable bonds is 3. The lowest BCUT2D eigenvalue weighted by molar-refractivity contribution is 0.299. The molecule has 2 aromatic rings. The molecule has 0 fully saturated rings. The summed E-state index contributed by atoms with van der Waals surface area (Å²) in [6.45, 7) is 1.94. The van der Waals surface area contributed by atoms with Gasteiger partial charge in [0.25, 0.3) is 0 Å². The molecule has 20 heavy (non-hydrogen) atoms. The van der Waals surface area contributed by atoms with E-state index in [1.807, 2.05) is 19.1 Å². The van der Waals surface area contributed by atoms with Crippen LogP contribution in [0.15, 0.2) is 36.5 Å². The predicted molar refractivity (Wildman–Crippen MR) is 73.7 cm³/mol. The summed E-state index contributed by atoms with van der Waals surface area (Å²) >= 11 is 0. The van der Waals surface area contributed by atoms with Crippen LogP contribution in [0.3, 0.4) is 0 Å². The molecule has 0 aliphatic rings. The number of hydrogen-bond donors (Lipinski definition) is 1. The Balaban J connectivity index is 2.13. The number of nitrogens with zero attached hydrogens (tertiary/aromatic N) is 1. The van der Waals surface area contributed by atoms with Crippen molar-refractivity contribution in [2.24, 2.45) is 0 Å². The normalized spacial score (nSPS) is 9.75. The molecule has 1 aromatic heterocycles. The van der Waals surface area contributed by atoms with Crippen LogP contribution in [-0.2, 0) is 6.61 Å². The van der Waals surface area contributed by atoms with E-state index >= 15 is 0 Å². The number of pyridine rings is 1. The van der Waals surface area contributed by atoms with Gasteiger partial charge in [0.05, 0.1) is 5.69 Å². The third-order valence-electron chi connectivity index (χ3n) is 2.68. The lowest BCUT2D eigenvalue weighted by atomic mass is 10.2. The van der Waals surface area contributed by atoms with Crippen molar-refractivity contribution in [1.82, 2.24) is 4.98 Å². The van der Waals surface area contributed by atoms with Crippen molar-refractivity contribution in [1.29, 1.82) is 0 Å². The summed E-state index contributed by atoms with van der Waals surface area (Å²) in [7, 11) is 0. The van der Waals surface area contributed by atoms with Crippen molar-refractivity contribution in [3.05, 3.63) is 59.2 Å². The van der Waals surface area contributed by atoms with Gasteiger partial charge in [0.15, 0.2) is 0 Å². The van der Waals surface area contributed by atoms with E-state index in [0.29, 0.717) is 11.3 Å². The maximum Gasteiger partial charge on any atom is 0.130 e. The van der Waals surface area contributed by atoms with Crippen molar-refractivity contribution >= 4 is 0 Å². The molecular weight excluding hydrogens is 257 g/mol. The Labute approximate surface area is 117 Å². The molecule has 0 amide bonds. The maximum absolute atomic E-state index is 13.4. The van der Waals surface area contributed by atoms with E-state index in [1.165, 1.54) is 12.1 Å². The first-order valence-electron chi connectivity index (χ1n) is 6.12. The number of aliphatic hydroxyl groups is 1. The van der Waals surface area contributed by atoms with E-state index < -0.39 is 5.82 Å². The third-order valence-corrected chi connectivity index (χ3v) is 2.68. The van der Waals surface area contributed by atoms with Crippen molar-refractivity contribution in [3.63, 3.8) is 0 Å². The van der Waals surface area contributed by atoms with Crippen molar-refractivity contribution < 1.29 is 14.2 Å². The summed E-state index contributed by atoms with van der Waals surface area (Å²) in [6, 6.07) is 8.01. The van der Waals surface area contributed by atoms with Crippen LogP contribution in [0.4, 0.5) is 4.39 Å². The molecule has 0 atom stereocenters. The van der Waals surface area contributed by atoms with Crippen LogP contribution in [0.5, 0.6) is 5.75 Å². The highest BCUT2D eigenvalue weighted by Crippen LogP contribution is 2.17. The second kappa shape index (κ2) is 6.69. The van der Waals surface area contributed by atoms with Gasteiger partial charge in [-0.25, -0.2) is 4.39 Å². The number of ether oxygens (including phenoxy) is 1. The fraction of sp³-hybridized carbons (Fsp3) is 0.188. The number of aryl methyl sites for hydroxylation is 1. The third kappa shape index (κ3) is 3.81. The zero-order valence-electron chi connectivity index (χ0n) is 11.1. The van der Waals surface area contributed by atoms with E-state index in [4.69, 9.17) is 9.84 Å². The minimum Gasteiger partial charge on any atom is -0.487 e. The van der Waals surface area contributed by atoms with Gasteiger partial charge in [-0.3, -0.25) is 4.98 Å². The molecule has 1 heterocycles. The molecule has 0 spiro atoms.